The van der Waals surface area contributed by atoms with E-state index in [0.717, 1.165) is 12.0 Å². The molecule has 0 unspecified atom stereocenters. The highest BCUT2D eigenvalue weighted by atomic mass is 35.5. The van der Waals surface area contributed by atoms with Gasteiger partial charge in [-0.05, 0) is 51.7 Å². The molecule has 0 aliphatic rings. The topological polar surface area (TPSA) is 64.3 Å². The summed E-state index contributed by atoms with van der Waals surface area (Å²) in [5.41, 5.74) is 0.826. The number of benzene rings is 1. The third kappa shape index (κ3) is 6.13. The lowest BCUT2D eigenvalue weighted by atomic mass is 10.2. The van der Waals surface area contributed by atoms with Crippen molar-refractivity contribution in [3.05, 3.63) is 34.1 Å². The number of likely N-dealkylation sites (N-methyl/N-ethyl adjacent to an activating group) is 1. The van der Waals surface area contributed by atoms with Gasteiger partial charge in [-0.3, -0.25) is 14.3 Å². The summed E-state index contributed by atoms with van der Waals surface area (Å²) in [6.07, 6.45) is 0.806. The SMILES string of the molecule is COCCCn1c(-c2ccccc2Cl)nn(CN(C)CC(=O)NC(C)C)c1=S. The van der Waals surface area contributed by atoms with E-state index in [4.69, 9.17) is 33.7 Å². The van der Waals surface area contributed by atoms with Crippen LogP contribution in [0.4, 0.5) is 0 Å². The molecule has 0 aliphatic heterocycles. The number of amides is 1. The number of ether oxygens (including phenoxy) is 1. The van der Waals surface area contributed by atoms with Gasteiger partial charge in [0.15, 0.2) is 10.6 Å². The van der Waals surface area contributed by atoms with Gasteiger partial charge < -0.3 is 10.1 Å². The molecule has 0 saturated heterocycles. The van der Waals surface area contributed by atoms with Crippen LogP contribution in [0, 0.1) is 4.77 Å². The van der Waals surface area contributed by atoms with Crippen molar-refractivity contribution in [2.24, 2.45) is 0 Å². The van der Waals surface area contributed by atoms with E-state index in [1.54, 1.807) is 11.8 Å². The quantitative estimate of drug-likeness (QED) is 0.468. The van der Waals surface area contributed by atoms with Gasteiger partial charge in [-0.25, -0.2) is 4.68 Å². The van der Waals surface area contributed by atoms with Crippen LogP contribution in [-0.4, -0.2) is 58.5 Å². The molecule has 9 heteroatoms. The van der Waals surface area contributed by atoms with E-state index in [0.29, 0.717) is 35.4 Å². The second-order valence-electron chi connectivity index (χ2n) is 6.96. The van der Waals surface area contributed by atoms with Crippen LogP contribution in [0.5, 0.6) is 0 Å². The van der Waals surface area contributed by atoms with Gasteiger partial charge >= 0.3 is 0 Å². The number of hydrogen-bond acceptors (Lipinski definition) is 5. The zero-order chi connectivity index (χ0) is 20.7. The number of nitrogens with zero attached hydrogens (tertiary/aromatic N) is 4. The lowest BCUT2D eigenvalue weighted by Crippen LogP contribution is -2.39. The molecule has 28 heavy (non-hydrogen) atoms. The highest BCUT2D eigenvalue weighted by Gasteiger charge is 2.17. The number of carbonyl (C=O) groups excluding carboxylic acids is 1. The number of nitrogens with one attached hydrogen (secondary N) is 1. The molecule has 1 aromatic heterocycles. The maximum atomic E-state index is 12.0. The minimum absolute atomic E-state index is 0.0325. The Morgan fingerprint density at radius 3 is 2.75 bits per heavy atom. The van der Waals surface area contributed by atoms with Crippen LogP contribution < -0.4 is 5.32 Å². The average Bonchev–Trinajstić information content (AvgIpc) is 2.91. The van der Waals surface area contributed by atoms with Gasteiger partial charge in [0.2, 0.25) is 5.91 Å². The van der Waals surface area contributed by atoms with Crippen LogP contribution >= 0.6 is 23.8 Å². The van der Waals surface area contributed by atoms with E-state index < -0.39 is 0 Å². The van der Waals surface area contributed by atoms with Crippen molar-refractivity contribution in [2.45, 2.75) is 39.5 Å². The largest absolute Gasteiger partial charge is 0.385 e. The maximum absolute atomic E-state index is 12.0. The van der Waals surface area contributed by atoms with Gasteiger partial charge in [-0.2, -0.15) is 5.10 Å². The van der Waals surface area contributed by atoms with Crippen LogP contribution in [0.2, 0.25) is 5.02 Å². The van der Waals surface area contributed by atoms with E-state index in [1.165, 1.54) is 0 Å². The number of hydrogen-bond donors (Lipinski definition) is 1. The molecule has 0 bridgehead atoms. The van der Waals surface area contributed by atoms with Gasteiger partial charge in [0, 0.05) is 31.9 Å². The summed E-state index contributed by atoms with van der Waals surface area (Å²) >= 11 is 12.1. The third-order valence-electron chi connectivity index (χ3n) is 4.01. The molecule has 2 aromatic rings. The Kier molecular flexibility index (Phi) is 8.62. The second-order valence-corrected chi connectivity index (χ2v) is 7.73. The fourth-order valence-electron chi connectivity index (χ4n) is 2.83. The van der Waals surface area contributed by atoms with E-state index >= 15 is 0 Å². The molecule has 1 amide bonds. The minimum atomic E-state index is -0.0325. The third-order valence-corrected chi connectivity index (χ3v) is 4.77. The van der Waals surface area contributed by atoms with E-state index in [-0.39, 0.29) is 18.5 Å². The van der Waals surface area contributed by atoms with Crippen LogP contribution in [0.25, 0.3) is 11.4 Å². The molecule has 0 spiro atoms. The monoisotopic (exact) mass is 425 g/mol. The summed E-state index contributed by atoms with van der Waals surface area (Å²) in [7, 11) is 3.54. The van der Waals surface area contributed by atoms with Crippen LogP contribution in [0.1, 0.15) is 20.3 Å². The number of methoxy groups -OCH3 is 1. The normalized spacial score (nSPS) is 11.4. The molecule has 0 atom stereocenters. The first kappa shape index (κ1) is 22.5. The molecule has 2 rings (SSSR count). The van der Waals surface area contributed by atoms with Crippen molar-refractivity contribution >= 4 is 29.7 Å². The van der Waals surface area contributed by atoms with Gasteiger partial charge in [-0.1, -0.05) is 23.7 Å². The highest BCUT2D eigenvalue weighted by Crippen LogP contribution is 2.27. The van der Waals surface area contributed by atoms with Gasteiger partial charge in [0.25, 0.3) is 0 Å². The number of carbonyl (C=O) groups is 1. The summed E-state index contributed by atoms with van der Waals surface area (Å²) in [5.74, 6) is 0.682. The Bertz CT molecular complexity index is 849. The molecular weight excluding hydrogens is 398 g/mol. The molecule has 0 radical (unpaired) electrons. The van der Waals surface area contributed by atoms with Crippen molar-refractivity contribution < 1.29 is 9.53 Å². The first-order valence-electron chi connectivity index (χ1n) is 9.22. The summed E-state index contributed by atoms with van der Waals surface area (Å²) in [4.78, 5) is 13.9. The van der Waals surface area contributed by atoms with Gasteiger partial charge in [0.05, 0.1) is 18.2 Å². The molecule has 1 N–H and O–H groups in total. The van der Waals surface area contributed by atoms with Gasteiger partial charge in [-0.15, -0.1) is 0 Å². The predicted octanol–water partition coefficient (Wildman–Crippen LogP) is 3.18. The molecule has 1 aromatic carbocycles. The maximum Gasteiger partial charge on any atom is 0.234 e. The summed E-state index contributed by atoms with van der Waals surface area (Å²) < 4.78 is 9.45. The summed E-state index contributed by atoms with van der Waals surface area (Å²) in [6.45, 7) is 5.84. The molecule has 154 valence electrons. The Morgan fingerprint density at radius 2 is 2.11 bits per heavy atom. The second kappa shape index (κ2) is 10.7. The van der Waals surface area contributed by atoms with Crippen molar-refractivity contribution in [1.29, 1.82) is 0 Å². The van der Waals surface area contributed by atoms with Crippen molar-refractivity contribution in [3.8, 4) is 11.4 Å². The Labute approximate surface area is 176 Å². The molecule has 7 nitrogen and oxygen atoms in total. The lowest BCUT2D eigenvalue weighted by molar-refractivity contribution is -0.122. The van der Waals surface area contributed by atoms with Crippen molar-refractivity contribution in [1.82, 2.24) is 24.6 Å². The van der Waals surface area contributed by atoms with Crippen LogP contribution in [0.15, 0.2) is 24.3 Å². The highest BCUT2D eigenvalue weighted by molar-refractivity contribution is 7.71. The predicted molar refractivity (Wildman–Crippen MR) is 114 cm³/mol. The lowest BCUT2D eigenvalue weighted by Gasteiger charge is -2.17. The molecule has 0 saturated carbocycles. The zero-order valence-corrected chi connectivity index (χ0v) is 18.4. The molecule has 1 heterocycles. The van der Waals surface area contributed by atoms with Gasteiger partial charge in [0.1, 0.15) is 0 Å². The average molecular weight is 426 g/mol. The van der Waals surface area contributed by atoms with E-state index in [2.05, 4.69) is 5.32 Å². The Morgan fingerprint density at radius 1 is 1.39 bits per heavy atom. The fraction of sp³-hybridized carbons (Fsp3) is 0.526. The smallest absolute Gasteiger partial charge is 0.234 e. The van der Waals surface area contributed by atoms with Crippen LogP contribution in [0.3, 0.4) is 0 Å². The van der Waals surface area contributed by atoms with Crippen molar-refractivity contribution in [3.63, 3.8) is 0 Å². The number of halogens is 1. The first-order valence-corrected chi connectivity index (χ1v) is 10.0. The summed E-state index contributed by atoms with van der Waals surface area (Å²) in [5, 5.41) is 8.21. The fourth-order valence-corrected chi connectivity index (χ4v) is 3.33. The minimum Gasteiger partial charge on any atom is -0.385 e. The van der Waals surface area contributed by atoms with Crippen LogP contribution in [-0.2, 0) is 22.7 Å². The number of aromatic nitrogens is 3. The summed E-state index contributed by atoms with van der Waals surface area (Å²) in [6, 6.07) is 7.67. The first-order chi connectivity index (χ1) is 13.3. The Hall–Kier alpha value is -1.74. The Balaban J connectivity index is 2.28. The molecule has 0 fully saturated rings. The zero-order valence-electron chi connectivity index (χ0n) is 16.8. The standard InChI is InChI=1S/C19H28ClN5O2S/c1-14(2)21-17(26)12-23(3)13-25-19(28)24(10-7-11-27-4)18(22-25)15-8-5-6-9-16(15)20/h5-6,8-9,14H,7,10-13H2,1-4H3,(H,21,26). The molecule has 0 aliphatic carbocycles. The number of rotatable bonds is 10. The van der Waals surface area contributed by atoms with E-state index in [1.807, 2.05) is 54.6 Å². The van der Waals surface area contributed by atoms with Crippen molar-refractivity contribution in [2.75, 3.05) is 27.3 Å². The molecular formula is C19H28ClN5O2S. The van der Waals surface area contributed by atoms with E-state index in [9.17, 15) is 4.79 Å².